The van der Waals surface area contributed by atoms with E-state index in [1.807, 2.05) is 35.2 Å². The summed E-state index contributed by atoms with van der Waals surface area (Å²) in [6.07, 6.45) is 1.94. The van der Waals surface area contributed by atoms with Gasteiger partial charge in [0.25, 0.3) is 0 Å². The van der Waals surface area contributed by atoms with Crippen molar-refractivity contribution in [3.8, 4) is 11.5 Å². The first-order valence-electron chi connectivity index (χ1n) is 9.82. The van der Waals surface area contributed by atoms with Gasteiger partial charge in [0, 0.05) is 17.0 Å². The molecule has 1 heterocycles. The maximum Gasteiger partial charge on any atom is 0.233 e. The first-order chi connectivity index (χ1) is 14.2. The van der Waals surface area contributed by atoms with E-state index < -0.39 is 0 Å². The van der Waals surface area contributed by atoms with Gasteiger partial charge in [0.1, 0.15) is 11.5 Å². The molecule has 0 aromatic heterocycles. The lowest BCUT2D eigenvalue weighted by Gasteiger charge is -2.26. The molecule has 150 valence electrons. The molecule has 3 aromatic carbocycles. The van der Waals surface area contributed by atoms with Crippen LogP contribution in [0.2, 0.25) is 0 Å². The van der Waals surface area contributed by atoms with Crippen LogP contribution in [-0.2, 0) is 4.79 Å². The van der Waals surface area contributed by atoms with Gasteiger partial charge in [0.05, 0.1) is 26.0 Å². The highest BCUT2D eigenvalue weighted by atomic mass is 32.2. The summed E-state index contributed by atoms with van der Waals surface area (Å²) in [5, 5.41) is 2.41. The maximum absolute atomic E-state index is 13.1. The normalized spacial score (nSPS) is 16.2. The van der Waals surface area contributed by atoms with Crippen molar-refractivity contribution in [1.82, 2.24) is 4.90 Å². The molecule has 0 radical (unpaired) electrons. The second-order valence-electron chi connectivity index (χ2n) is 7.15. The fraction of sp³-hybridized carbons (Fsp3) is 0.292. The van der Waals surface area contributed by atoms with Crippen LogP contribution in [0.15, 0.2) is 65.6 Å². The third-order valence-corrected chi connectivity index (χ3v) is 6.43. The minimum Gasteiger partial charge on any atom is -0.497 e. The van der Waals surface area contributed by atoms with E-state index in [4.69, 9.17) is 9.47 Å². The maximum atomic E-state index is 13.1. The van der Waals surface area contributed by atoms with Gasteiger partial charge in [0.15, 0.2) is 0 Å². The van der Waals surface area contributed by atoms with Crippen LogP contribution >= 0.6 is 11.8 Å². The van der Waals surface area contributed by atoms with Crippen LogP contribution in [0.1, 0.15) is 24.4 Å². The number of nitrogens with zero attached hydrogens (tertiary/aromatic N) is 1. The molecule has 3 aromatic rings. The lowest BCUT2D eigenvalue weighted by atomic mass is 10.0. The number of hydrogen-bond acceptors (Lipinski definition) is 4. The average Bonchev–Trinajstić information content (AvgIpc) is 3.26. The molecule has 0 spiro atoms. The van der Waals surface area contributed by atoms with Gasteiger partial charge in [-0.3, -0.25) is 4.79 Å². The highest BCUT2D eigenvalue weighted by molar-refractivity contribution is 8.00. The molecule has 1 saturated heterocycles. The molecule has 1 amide bonds. The molecule has 0 saturated carbocycles. The van der Waals surface area contributed by atoms with Crippen LogP contribution in [0.3, 0.4) is 0 Å². The van der Waals surface area contributed by atoms with Crippen LogP contribution in [0.4, 0.5) is 0 Å². The van der Waals surface area contributed by atoms with E-state index in [9.17, 15) is 4.79 Å². The number of carbonyl (C=O) groups is 1. The molecule has 5 heteroatoms. The SMILES string of the molecule is COc1ccc(OC)c(C2CCCN2C(=O)CSc2ccc3ccccc3c2)c1. The van der Waals surface area contributed by atoms with Gasteiger partial charge in [-0.1, -0.05) is 30.3 Å². The second kappa shape index (κ2) is 8.78. The number of thioether (sulfide) groups is 1. The van der Waals surface area contributed by atoms with Crippen LogP contribution in [0, 0.1) is 0 Å². The zero-order chi connectivity index (χ0) is 20.2. The average molecular weight is 408 g/mol. The largest absolute Gasteiger partial charge is 0.497 e. The van der Waals surface area contributed by atoms with Gasteiger partial charge >= 0.3 is 0 Å². The van der Waals surface area contributed by atoms with E-state index in [1.54, 1.807) is 26.0 Å². The predicted octanol–water partition coefficient (Wildman–Crippen LogP) is 5.31. The zero-order valence-electron chi connectivity index (χ0n) is 16.8. The van der Waals surface area contributed by atoms with Gasteiger partial charge < -0.3 is 14.4 Å². The first kappa shape index (κ1) is 19.6. The number of rotatable bonds is 6. The Morgan fingerprint density at radius 3 is 2.66 bits per heavy atom. The number of likely N-dealkylation sites (tertiary alicyclic amines) is 1. The summed E-state index contributed by atoms with van der Waals surface area (Å²) in [6.45, 7) is 0.780. The number of ether oxygens (including phenoxy) is 2. The number of fused-ring (bicyclic) bond motifs is 1. The number of carbonyl (C=O) groups excluding carboxylic acids is 1. The van der Waals surface area contributed by atoms with Crippen LogP contribution in [0.25, 0.3) is 10.8 Å². The summed E-state index contributed by atoms with van der Waals surface area (Å²) in [4.78, 5) is 16.2. The molecular formula is C24H25NO3S. The molecule has 1 fully saturated rings. The van der Waals surface area contributed by atoms with Crippen molar-refractivity contribution in [1.29, 1.82) is 0 Å². The van der Waals surface area contributed by atoms with Gasteiger partial charge in [-0.15, -0.1) is 11.8 Å². The van der Waals surface area contributed by atoms with Crippen molar-refractivity contribution in [2.24, 2.45) is 0 Å². The minimum absolute atomic E-state index is 0.0322. The standard InChI is InChI=1S/C24H25NO3S/c1-27-19-10-12-23(28-2)21(15-19)22-8-5-13-25(22)24(26)16-29-20-11-9-17-6-3-4-7-18(17)14-20/h3-4,6-7,9-12,14-15,22H,5,8,13,16H2,1-2H3. The Hall–Kier alpha value is -2.66. The summed E-state index contributed by atoms with van der Waals surface area (Å²) in [6, 6.07) is 20.5. The smallest absolute Gasteiger partial charge is 0.233 e. The van der Waals surface area contributed by atoms with Crippen molar-refractivity contribution in [2.45, 2.75) is 23.8 Å². The molecule has 4 rings (SSSR count). The lowest BCUT2D eigenvalue weighted by Crippen LogP contribution is -2.32. The van der Waals surface area contributed by atoms with Crippen LogP contribution < -0.4 is 9.47 Å². The Labute approximate surface area is 175 Å². The first-order valence-corrected chi connectivity index (χ1v) is 10.8. The van der Waals surface area contributed by atoms with Gasteiger partial charge in [-0.2, -0.15) is 0 Å². The Morgan fingerprint density at radius 1 is 1.03 bits per heavy atom. The van der Waals surface area contributed by atoms with Gasteiger partial charge in [0.2, 0.25) is 5.91 Å². The van der Waals surface area contributed by atoms with Crippen molar-refractivity contribution < 1.29 is 14.3 Å². The molecular weight excluding hydrogens is 382 g/mol. The molecule has 0 bridgehead atoms. The summed E-state index contributed by atoms with van der Waals surface area (Å²) in [5.41, 5.74) is 1.02. The molecule has 4 nitrogen and oxygen atoms in total. The van der Waals surface area contributed by atoms with Crippen molar-refractivity contribution in [3.63, 3.8) is 0 Å². The summed E-state index contributed by atoms with van der Waals surface area (Å²) >= 11 is 1.60. The van der Waals surface area contributed by atoms with E-state index in [0.29, 0.717) is 5.75 Å². The Balaban J connectivity index is 1.49. The molecule has 1 unspecified atom stereocenters. The molecule has 1 aliphatic rings. The summed E-state index contributed by atoms with van der Waals surface area (Å²) in [7, 11) is 3.32. The summed E-state index contributed by atoms with van der Waals surface area (Å²) in [5.74, 6) is 2.18. The topological polar surface area (TPSA) is 38.8 Å². The fourth-order valence-corrected chi connectivity index (χ4v) is 4.80. The lowest BCUT2D eigenvalue weighted by molar-refractivity contribution is -0.129. The van der Waals surface area contributed by atoms with Crippen LogP contribution in [0.5, 0.6) is 11.5 Å². The minimum atomic E-state index is 0.0322. The Kier molecular flexibility index (Phi) is 5.95. The molecule has 1 aliphatic heterocycles. The Bertz CT molecular complexity index is 1020. The van der Waals surface area contributed by atoms with Gasteiger partial charge in [-0.25, -0.2) is 0 Å². The molecule has 0 aliphatic carbocycles. The highest BCUT2D eigenvalue weighted by Crippen LogP contribution is 2.39. The second-order valence-corrected chi connectivity index (χ2v) is 8.20. The molecule has 0 N–H and O–H groups in total. The fourth-order valence-electron chi connectivity index (χ4n) is 3.97. The van der Waals surface area contributed by atoms with Crippen LogP contribution in [-0.4, -0.2) is 37.3 Å². The van der Waals surface area contributed by atoms with Crippen molar-refractivity contribution in [3.05, 3.63) is 66.2 Å². The van der Waals surface area contributed by atoms with Crippen molar-refractivity contribution in [2.75, 3.05) is 26.5 Å². The zero-order valence-corrected chi connectivity index (χ0v) is 17.6. The number of amides is 1. The molecule has 29 heavy (non-hydrogen) atoms. The summed E-state index contributed by atoms with van der Waals surface area (Å²) < 4.78 is 10.9. The number of hydrogen-bond donors (Lipinski definition) is 0. The van der Waals surface area contributed by atoms with E-state index in [-0.39, 0.29) is 11.9 Å². The monoisotopic (exact) mass is 407 g/mol. The van der Waals surface area contributed by atoms with Gasteiger partial charge in [-0.05, 0) is 53.9 Å². The predicted molar refractivity (Wildman–Crippen MR) is 118 cm³/mol. The third kappa shape index (κ3) is 4.20. The van der Waals surface area contributed by atoms with Crippen molar-refractivity contribution >= 4 is 28.4 Å². The quantitative estimate of drug-likeness (QED) is 0.519. The van der Waals surface area contributed by atoms with E-state index in [1.165, 1.54) is 10.8 Å². The molecule has 1 atom stereocenters. The van der Waals surface area contributed by atoms with E-state index >= 15 is 0 Å². The highest BCUT2D eigenvalue weighted by Gasteiger charge is 2.32. The number of methoxy groups -OCH3 is 2. The van der Waals surface area contributed by atoms with E-state index in [2.05, 4.69) is 30.3 Å². The van der Waals surface area contributed by atoms with E-state index in [0.717, 1.165) is 41.3 Å². The number of benzene rings is 3. The Morgan fingerprint density at radius 2 is 1.86 bits per heavy atom. The third-order valence-electron chi connectivity index (χ3n) is 5.45.